The number of aromatic nitrogens is 3. The second-order valence-corrected chi connectivity index (χ2v) is 10.1. The van der Waals surface area contributed by atoms with Crippen molar-refractivity contribution in [3.63, 3.8) is 0 Å². The zero-order chi connectivity index (χ0) is 25.5. The number of esters is 1. The highest BCUT2D eigenvalue weighted by Crippen LogP contribution is 2.38. The van der Waals surface area contributed by atoms with Crippen molar-refractivity contribution in [3.8, 4) is 0 Å². The lowest BCUT2D eigenvalue weighted by Crippen LogP contribution is -2.46. The fourth-order valence-corrected chi connectivity index (χ4v) is 5.09. The molecular weight excluding hydrogens is 462 g/mol. The molecule has 196 valence electrons. The summed E-state index contributed by atoms with van der Waals surface area (Å²) in [6.45, 7) is 4.59. The van der Waals surface area contributed by atoms with E-state index in [0.29, 0.717) is 31.5 Å². The number of aliphatic hydroxyl groups excluding tert-OH is 2. The van der Waals surface area contributed by atoms with Crippen molar-refractivity contribution in [1.29, 1.82) is 0 Å². The van der Waals surface area contributed by atoms with Crippen LogP contribution in [0, 0.1) is 12.3 Å². The minimum Gasteiger partial charge on any atom is -0.462 e. The van der Waals surface area contributed by atoms with Crippen LogP contribution in [0.5, 0.6) is 0 Å². The van der Waals surface area contributed by atoms with Gasteiger partial charge in [-0.05, 0) is 70.3 Å². The van der Waals surface area contributed by atoms with E-state index in [2.05, 4.69) is 20.1 Å². The predicted molar refractivity (Wildman–Crippen MR) is 132 cm³/mol. The maximum atomic E-state index is 13.2. The number of rotatable bonds is 3. The van der Waals surface area contributed by atoms with E-state index in [-0.39, 0.29) is 31.4 Å². The van der Waals surface area contributed by atoms with Gasteiger partial charge in [0, 0.05) is 31.5 Å². The second-order valence-electron chi connectivity index (χ2n) is 10.1. The van der Waals surface area contributed by atoms with E-state index >= 15 is 0 Å². The van der Waals surface area contributed by atoms with Gasteiger partial charge in [-0.2, -0.15) is 5.10 Å². The molecule has 2 saturated heterocycles. The van der Waals surface area contributed by atoms with Crippen LogP contribution in [0.15, 0.2) is 30.5 Å². The van der Waals surface area contributed by atoms with E-state index in [1.54, 1.807) is 17.2 Å². The first-order valence-electron chi connectivity index (χ1n) is 12.8. The molecule has 0 aromatic carbocycles. The summed E-state index contributed by atoms with van der Waals surface area (Å²) in [5.74, 6) is -0.508. The lowest BCUT2D eigenvalue weighted by Gasteiger charge is -2.40. The number of ether oxygens (including phenoxy) is 1. The summed E-state index contributed by atoms with van der Waals surface area (Å²) >= 11 is 0. The molecule has 0 aliphatic carbocycles. The van der Waals surface area contributed by atoms with Gasteiger partial charge in [0.05, 0.1) is 17.2 Å². The van der Waals surface area contributed by atoms with Crippen LogP contribution in [0.3, 0.4) is 0 Å². The van der Waals surface area contributed by atoms with Gasteiger partial charge < -0.3 is 19.8 Å². The number of aryl methyl sites for hydroxylation is 1. The van der Waals surface area contributed by atoms with Gasteiger partial charge >= 0.3 is 5.97 Å². The number of likely N-dealkylation sites (tertiary alicyclic amines) is 1. The third kappa shape index (κ3) is 6.48. The zero-order valence-electron chi connectivity index (χ0n) is 20.9. The first-order valence-corrected chi connectivity index (χ1v) is 12.8. The quantitative estimate of drug-likeness (QED) is 0.544. The van der Waals surface area contributed by atoms with E-state index in [4.69, 9.17) is 4.74 Å². The Kier molecular flexibility index (Phi) is 8.71. The SMILES string of the molecule is Cc1cc(C(=O)N2CCCCC3(CCN(Cc4ccccn4)CC3)C(=O)OC[C@@H](O)[C@@H](O)CC2)n[nH]1. The fraction of sp³-hybridized carbons (Fsp3) is 0.615. The van der Waals surface area contributed by atoms with E-state index in [9.17, 15) is 19.8 Å². The fourth-order valence-electron chi connectivity index (χ4n) is 5.09. The molecule has 2 aliphatic heterocycles. The number of nitrogens with one attached hydrogen (secondary N) is 1. The third-order valence-corrected chi connectivity index (χ3v) is 7.43. The van der Waals surface area contributed by atoms with E-state index in [1.165, 1.54) is 0 Å². The van der Waals surface area contributed by atoms with Crippen molar-refractivity contribution in [2.24, 2.45) is 5.41 Å². The van der Waals surface area contributed by atoms with Crippen LogP contribution in [-0.4, -0.2) is 92.1 Å². The Bertz CT molecular complexity index is 1010. The van der Waals surface area contributed by atoms with Gasteiger partial charge in [0.1, 0.15) is 18.4 Å². The number of piperidine rings is 1. The Morgan fingerprint density at radius 1 is 1.14 bits per heavy atom. The van der Waals surface area contributed by atoms with Crippen molar-refractivity contribution in [3.05, 3.63) is 47.5 Å². The number of hydrogen-bond donors (Lipinski definition) is 3. The molecule has 4 rings (SSSR count). The third-order valence-electron chi connectivity index (χ3n) is 7.43. The molecule has 1 spiro atoms. The first kappa shape index (κ1) is 26.2. The molecule has 2 aliphatic rings. The molecule has 2 aromatic heterocycles. The Hall–Kier alpha value is -2.82. The highest BCUT2D eigenvalue weighted by molar-refractivity contribution is 5.92. The molecule has 0 bridgehead atoms. The Labute approximate surface area is 211 Å². The van der Waals surface area contributed by atoms with Crippen molar-refractivity contribution in [2.75, 3.05) is 32.8 Å². The van der Waals surface area contributed by atoms with E-state index in [1.807, 2.05) is 25.1 Å². The molecule has 10 heteroatoms. The average Bonchev–Trinajstić information content (AvgIpc) is 3.33. The Balaban J connectivity index is 1.42. The molecule has 36 heavy (non-hydrogen) atoms. The molecule has 4 heterocycles. The summed E-state index contributed by atoms with van der Waals surface area (Å²) in [5, 5.41) is 27.8. The van der Waals surface area contributed by atoms with Crippen LogP contribution < -0.4 is 0 Å². The summed E-state index contributed by atoms with van der Waals surface area (Å²) < 4.78 is 5.56. The number of aliphatic hydroxyl groups is 2. The summed E-state index contributed by atoms with van der Waals surface area (Å²) in [5.41, 5.74) is 1.50. The standard InChI is InChI=1S/C26H37N5O5/c1-19-16-21(29-28-19)24(34)31-12-5-3-8-26(25(35)36-18-23(33)22(32)7-13-31)9-14-30(15-10-26)17-20-6-2-4-11-27-20/h2,4,6,11,16,22-23,32-33H,3,5,7-10,12-15,17-18H2,1H3,(H,28,29)/t22-,23+/m0/s1. The van der Waals surface area contributed by atoms with Gasteiger partial charge in [-0.3, -0.25) is 24.6 Å². The number of H-pyrrole nitrogens is 1. The molecule has 2 aromatic rings. The summed E-state index contributed by atoms with van der Waals surface area (Å²) in [4.78, 5) is 34.7. The van der Waals surface area contributed by atoms with E-state index in [0.717, 1.165) is 43.9 Å². The maximum Gasteiger partial charge on any atom is 0.312 e. The second kappa shape index (κ2) is 11.9. The van der Waals surface area contributed by atoms with Crippen molar-refractivity contribution < 1.29 is 24.5 Å². The molecule has 3 N–H and O–H groups in total. The van der Waals surface area contributed by atoms with Gasteiger partial charge in [0.25, 0.3) is 5.91 Å². The largest absolute Gasteiger partial charge is 0.462 e. The topological polar surface area (TPSA) is 132 Å². The van der Waals surface area contributed by atoms with Gasteiger partial charge in [-0.1, -0.05) is 12.5 Å². The summed E-state index contributed by atoms with van der Waals surface area (Å²) in [6, 6.07) is 7.58. The van der Waals surface area contributed by atoms with Crippen LogP contribution in [0.2, 0.25) is 0 Å². The molecular formula is C26H37N5O5. The molecule has 0 radical (unpaired) electrons. The van der Waals surface area contributed by atoms with Gasteiger partial charge in [0.15, 0.2) is 0 Å². The van der Waals surface area contributed by atoms with Gasteiger partial charge in [-0.15, -0.1) is 0 Å². The van der Waals surface area contributed by atoms with Crippen LogP contribution in [0.1, 0.15) is 60.4 Å². The minimum atomic E-state index is -1.21. The molecule has 0 saturated carbocycles. The number of amides is 1. The van der Waals surface area contributed by atoms with Crippen LogP contribution in [0.25, 0.3) is 0 Å². The normalized spacial score (nSPS) is 24.4. The number of carbonyl (C=O) groups is 2. The van der Waals surface area contributed by atoms with E-state index < -0.39 is 17.6 Å². The summed E-state index contributed by atoms with van der Waals surface area (Å²) in [7, 11) is 0. The van der Waals surface area contributed by atoms with Crippen molar-refractivity contribution in [2.45, 2.75) is 64.2 Å². The first-order chi connectivity index (χ1) is 17.4. The number of nitrogens with zero attached hydrogens (tertiary/aromatic N) is 4. The number of hydrogen-bond acceptors (Lipinski definition) is 8. The smallest absolute Gasteiger partial charge is 0.312 e. The highest BCUT2D eigenvalue weighted by atomic mass is 16.5. The highest BCUT2D eigenvalue weighted by Gasteiger charge is 2.42. The number of pyridine rings is 1. The van der Waals surface area contributed by atoms with Crippen molar-refractivity contribution in [1.82, 2.24) is 25.0 Å². The van der Waals surface area contributed by atoms with Crippen LogP contribution >= 0.6 is 0 Å². The van der Waals surface area contributed by atoms with Crippen molar-refractivity contribution >= 4 is 11.9 Å². The van der Waals surface area contributed by atoms with Crippen LogP contribution in [-0.2, 0) is 16.1 Å². The molecule has 0 unspecified atom stereocenters. The number of carbonyl (C=O) groups excluding carboxylic acids is 2. The molecule has 10 nitrogen and oxygen atoms in total. The zero-order valence-corrected chi connectivity index (χ0v) is 20.9. The Morgan fingerprint density at radius 3 is 2.64 bits per heavy atom. The lowest BCUT2D eigenvalue weighted by molar-refractivity contribution is -0.165. The van der Waals surface area contributed by atoms with Gasteiger partial charge in [0.2, 0.25) is 0 Å². The van der Waals surface area contributed by atoms with Gasteiger partial charge in [-0.25, -0.2) is 0 Å². The Morgan fingerprint density at radius 2 is 1.94 bits per heavy atom. The molecule has 2 atom stereocenters. The average molecular weight is 500 g/mol. The lowest BCUT2D eigenvalue weighted by atomic mass is 9.74. The summed E-state index contributed by atoms with van der Waals surface area (Å²) in [6.07, 6.45) is 3.12. The van der Waals surface area contributed by atoms with Crippen LogP contribution in [0.4, 0.5) is 0 Å². The number of cyclic esters (lactones) is 1. The molecule has 2 fully saturated rings. The predicted octanol–water partition coefficient (Wildman–Crippen LogP) is 1.68. The minimum absolute atomic E-state index is 0.182. The number of aromatic amines is 1. The monoisotopic (exact) mass is 499 g/mol. The molecule has 1 amide bonds. The maximum absolute atomic E-state index is 13.2.